The highest BCUT2D eigenvalue weighted by molar-refractivity contribution is 5.96. The Morgan fingerprint density at radius 1 is 1.14 bits per heavy atom. The van der Waals surface area contributed by atoms with E-state index in [9.17, 15) is 4.79 Å². The Morgan fingerprint density at radius 3 is 2.78 bits per heavy atom. The molecule has 0 bridgehead atoms. The number of nitrogens with two attached hydrogens (primary N) is 1. The van der Waals surface area contributed by atoms with Crippen LogP contribution in [0.5, 0.6) is 5.75 Å². The summed E-state index contributed by atoms with van der Waals surface area (Å²) in [5.74, 6) is 0.411. The number of primary amides is 1. The molecule has 10 nitrogen and oxygen atoms in total. The molecule has 1 unspecified atom stereocenters. The number of nitrogens with zero attached hydrogens (tertiary/aromatic N) is 4. The zero-order valence-corrected chi connectivity index (χ0v) is 20.6. The first-order valence-corrected chi connectivity index (χ1v) is 12.2. The van der Waals surface area contributed by atoms with Crippen LogP contribution in [0.15, 0.2) is 36.4 Å². The second kappa shape index (κ2) is 10.5. The molecule has 1 saturated heterocycles. The van der Waals surface area contributed by atoms with Crippen LogP contribution in [0.25, 0.3) is 0 Å². The second-order valence-electron chi connectivity index (χ2n) is 9.20. The van der Waals surface area contributed by atoms with Crippen LogP contribution in [-0.4, -0.2) is 53.3 Å². The summed E-state index contributed by atoms with van der Waals surface area (Å²) in [6.07, 6.45) is 4.02. The first-order valence-electron chi connectivity index (χ1n) is 12.2. The number of carbonyl (C=O) groups is 1. The minimum absolute atomic E-state index is 0.0225. The molecule has 1 aromatic heterocycles. The number of fused-ring (bicyclic) bond motifs is 1. The van der Waals surface area contributed by atoms with Gasteiger partial charge in [-0.2, -0.15) is 4.98 Å². The Hall–Kier alpha value is -3.76. The van der Waals surface area contributed by atoms with Gasteiger partial charge in [-0.15, -0.1) is 10.2 Å². The van der Waals surface area contributed by atoms with Crippen molar-refractivity contribution < 1.29 is 14.3 Å². The molecule has 188 valence electrons. The number of methoxy groups -OCH3 is 1. The van der Waals surface area contributed by atoms with Gasteiger partial charge in [0.2, 0.25) is 5.95 Å². The summed E-state index contributed by atoms with van der Waals surface area (Å²) in [4.78, 5) is 19.0. The number of aromatic nitrogens is 3. The van der Waals surface area contributed by atoms with Crippen LogP contribution in [0.1, 0.15) is 52.5 Å². The lowest BCUT2D eigenvalue weighted by atomic mass is 9.99. The molecule has 2 aliphatic rings. The van der Waals surface area contributed by atoms with Crippen molar-refractivity contribution in [2.24, 2.45) is 5.73 Å². The lowest BCUT2D eigenvalue weighted by molar-refractivity contribution is 0.0154. The maximum Gasteiger partial charge on any atom is 0.273 e. The first-order chi connectivity index (χ1) is 17.5. The van der Waals surface area contributed by atoms with E-state index in [0.717, 1.165) is 62.3 Å². The van der Waals surface area contributed by atoms with Gasteiger partial charge >= 0.3 is 0 Å². The van der Waals surface area contributed by atoms with Crippen molar-refractivity contribution in [3.63, 3.8) is 0 Å². The Labute approximate surface area is 210 Å². The SMILES string of the molecule is COc1cc2c(cc1Nc1nnc(C(N)=O)c(Nc3ccccc3C3CCCCO3)n1)CCN(C)C2. The van der Waals surface area contributed by atoms with Gasteiger partial charge in [-0.05, 0) is 62.1 Å². The van der Waals surface area contributed by atoms with E-state index >= 15 is 0 Å². The van der Waals surface area contributed by atoms with E-state index in [2.05, 4.69) is 43.8 Å². The molecule has 0 radical (unpaired) electrons. The Bertz CT molecular complexity index is 1260. The number of carbonyl (C=O) groups excluding carboxylic acids is 1. The van der Waals surface area contributed by atoms with Crippen molar-refractivity contribution in [3.05, 3.63) is 58.8 Å². The van der Waals surface area contributed by atoms with Crippen LogP contribution < -0.4 is 21.1 Å². The normalized spacial score (nSPS) is 17.8. The van der Waals surface area contributed by atoms with Crippen molar-refractivity contribution in [3.8, 4) is 5.75 Å². The van der Waals surface area contributed by atoms with E-state index in [1.807, 2.05) is 30.3 Å². The van der Waals surface area contributed by atoms with E-state index in [4.69, 9.17) is 15.2 Å². The van der Waals surface area contributed by atoms with Crippen molar-refractivity contribution >= 4 is 29.0 Å². The molecule has 3 aromatic rings. The molecule has 3 heterocycles. The maximum absolute atomic E-state index is 12.1. The predicted octanol–water partition coefficient (Wildman–Crippen LogP) is 3.70. The third-order valence-electron chi connectivity index (χ3n) is 6.63. The van der Waals surface area contributed by atoms with Gasteiger partial charge in [-0.3, -0.25) is 4.79 Å². The van der Waals surface area contributed by atoms with Gasteiger partial charge in [0.1, 0.15) is 5.75 Å². The molecule has 10 heteroatoms. The number of likely N-dealkylation sites (N-methyl/N-ethyl adjacent to an activating group) is 1. The van der Waals surface area contributed by atoms with E-state index in [-0.39, 0.29) is 23.6 Å². The molecule has 0 aliphatic carbocycles. The highest BCUT2D eigenvalue weighted by Crippen LogP contribution is 2.35. The van der Waals surface area contributed by atoms with E-state index in [1.54, 1.807) is 7.11 Å². The fourth-order valence-corrected chi connectivity index (χ4v) is 4.75. The molecule has 1 fully saturated rings. The van der Waals surface area contributed by atoms with Gasteiger partial charge in [0.25, 0.3) is 5.91 Å². The molecule has 1 amide bonds. The van der Waals surface area contributed by atoms with Crippen molar-refractivity contribution in [2.75, 3.05) is 37.9 Å². The predicted molar refractivity (Wildman–Crippen MR) is 137 cm³/mol. The maximum atomic E-state index is 12.1. The summed E-state index contributed by atoms with van der Waals surface area (Å²) in [6, 6.07) is 11.9. The Morgan fingerprint density at radius 2 is 2.00 bits per heavy atom. The molecule has 2 aromatic carbocycles. The molecule has 36 heavy (non-hydrogen) atoms. The molecule has 0 saturated carbocycles. The first kappa shape index (κ1) is 24.0. The summed E-state index contributed by atoms with van der Waals surface area (Å²) >= 11 is 0. The van der Waals surface area contributed by atoms with E-state index in [0.29, 0.717) is 5.75 Å². The molecule has 5 rings (SSSR count). The van der Waals surface area contributed by atoms with Crippen molar-refractivity contribution in [2.45, 2.75) is 38.3 Å². The van der Waals surface area contributed by atoms with E-state index < -0.39 is 5.91 Å². The average molecular weight is 490 g/mol. The van der Waals surface area contributed by atoms with Gasteiger partial charge in [0.05, 0.1) is 18.9 Å². The topological polar surface area (TPSA) is 128 Å². The molecule has 0 spiro atoms. The van der Waals surface area contributed by atoms with Gasteiger partial charge in [-0.1, -0.05) is 18.2 Å². The fourth-order valence-electron chi connectivity index (χ4n) is 4.75. The van der Waals surface area contributed by atoms with Gasteiger partial charge < -0.3 is 30.7 Å². The summed E-state index contributed by atoms with van der Waals surface area (Å²) in [7, 11) is 3.74. The minimum Gasteiger partial charge on any atom is -0.495 e. The average Bonchev–Trinajstić information content (AvgIpc) is 2.89. The van der Waals surface area contributed by atoms with Gasteiger partial charge in [-0.25, -0.2) is 0 Å². The van der Waals surface area contributed by atoms with Crippen LogP contribution in [0.4, 0.5) is 23.1 Å². The largest absolute Gasteiger partial charge is 0.495 e. The van der Waals surface area contributed by atoms with Crippen molar-refractivity contribution in [1.29, 1.82) is 0 Å². The number of anilines is 4. The number of hydrogen-bond donors (Lipinski definition) is 3. The van der Waals surface area contributed by atoms with Gasteiger partial charge in [0.15, 0.2) is 11.5 Å². The number of hydrogen-bond acceptors (Lipinski definition) is 9. The van der Waals surface area contributed by atoms with Crippen LogP contribution in [0.2, 0.25) is 0 Å². The monoisotopic (exact) mass is 489 g/mol. The smallest absolute Gasteiger partial charge is 0.273 e. The number of ether oxygens (including phenoxy) is 2. The highest BCUT2D eigenvalue weighted by Gasteiger charge is 2.22. The summed E-state index contributed by atoms with van der Waals surface area (Å²) in [5, 5.41) is 14.7. The number of rotatable bonds is 7. The molecule has 2 aliphatic heterocycles. The lowest BCUT2D eigenvalue weighted by Crippen LogP contribution is -2.26. The molecular weight excluding hydrogens is 458 g/mol. The van der Waals surface area contributed by atoms with Crippen LogP contribution in [0, 0.1) is 0 Å². The minimum atomic E-state index is -0.717. The van der Waals surface area contributed by atoms with Gasteiger partial charge in [0, 0.05) is 30.9 Å². The molecule has 4 N–H and O–H groups in total. The fraction of sp³-hybridized carbons (Fsp3) is 0.385. The quantitative estimate of drug-likeness (QED) is 0.455. The molecular formula is C26H31N7O3. The zero-order chi connectivity index (χ0) is 25.1. The highest BCUT2D eigenvalue weighted by atomic mass is 16.5. The van der Waals surface area contributed by atoms with Crippen molar-refractivity contribution in [1.82, 2.24) is 20.1 Å². The molecule has 1 atom stereocenters. The summed E-state index contributed by atoms with van der Waals surface area (Å²) in [6.45, 7) is 2.59. The standard InChI is InChI=1S/C26H31N7O3/c1-33-11-10-16-13-20(22(35-2)14-17(16)15-33)29-26-30-25(23(24(27)34)31-32-26)28-19-8-4-3-7-18(19)21-9-5-6-12-36-21/h3-4,7-8,13-14,21H,5-6,9-12,15H2,1-2H3,(H2,27,34)(H2,28,29,30,32). The van der Waals surface area contributed by atoms with E-state index in [1.165, 1.54) is 11.1 Å². The van der Waals surface area contributed by atoms with Crippen LogP contribution in [-0.2, 0) is 17.7 Å². The zero-order valence-electron chi connectivity index (χ0n) is 20.6. The third-order valence-corrected chi connectivity index (χ3v) is 6.63. The second-order valence-corrected chi connectivity index (χ2v) is 9.20. The van der Waals surface area contributed by atoms with Crippen LogP contribution >= 0.6 is 0 Å². The summed E-state index contributed by atoms with van der Waals surface area (Å²) < 4.78 is 11.6. The third kappa shape index (κ3) is 5.09. The Kier molecular flexibility index (Phi) is 6.97. The Balaban J connectivity index is 1.46. The number of benzene rings is 2. The number of para-hydroxylation sites is 1. The lowest BCUT2D eigenvalue weighted by Gasteiger charge is -2.26. The van der Waals surface area contributed by atoms with Crippen LogP contribution in [0.3, 0.4) is 0 Å². The number of amides is 1. The summed E-state index contributed by atoms with van der Waals surface area (Å²) in [5.41, 5.74) is 10.6. The number of nitrogens with one attached hydrogen (secondary N) is 2.